The quantitative estimate of drug-likeness (QED) is 0.382. The monoisotopic (exact) mass is 498 g/mol. The van der Waals surface area contributed by atoms with Gasteiger partial charge in [-0.15, -0.1) is 0 Å². The van der Waals surface area contributed by atoms with E-state index >= 15 is 0 Å². The fraction of sp³-hybridized carbons (Fsp3) is 0.286. The normalized spacial score (nSPS) is 15.4. The van der Waals surface area contributed by atoms with Gasteiger partial charge in [-0.2, -0.15) is 0 Å². The van der Waals surface area contributed by atoms with Crippen LogP contribution >= 0.6 is 0 Å². The minimum Gasteiger partial charge on any atom is -0.489 e. The predicted molar refractivity (Wildman–Crippen MR) is 142 cm³/mol. The summed E-state index contributed by atoms with van der Waals surface area (Å²) in [5.74, 6) is 1.39. The molecule has 4 aromatic rings. The zero-order valence-corrected chi connectivity index (χ0v) is 20.8. The van der Waals surface area contributed by atoms with Crippen molar-refractivity contribution >= 4 is 34.4 Å². The number of aromatic amines is 1. The van der Waals surface area contributed by atoms with E-state index < -0.39 is 0 Å². The molecule has 0 radical (unpaired) electrons. The number of hydrogen-bond donors (Lipinski definition) is 2. The zero-order chi connectivity index (χ0) is 25.6. The Labute approximate surface area is 215 Å². The van der Waals surface area contributed by atoms with Gasteiger partial charge in [-0.05, 0) is 49.2 Å². The summed E-state index contributed by atoms with van der Waals surface area (Å²) < 4.78 is 6.13. The van der Waals surface area contributed by atoms with E-state index in [2.05, 4.69) is 20.3 Å². The minimum absolute atomic E-state index is 0.0282. The van der Waals surface area contributed by atoms with Crippen LogP contribution in [0.4, 0.5) is 11.5 Å². The Morgan fingerprint density at radius 1 is 1.14 bits per heavy atom. The molecule has 0 aliphatic carbocycles. The van der Waals surface area contributed by atoms with Gasteiger partial charge in [-0.3, -0.25) is 9.59 Å². The van der Waals surface area contributed by atoms with Gasteiger partial charge in [0.1, 0.15) is 29.6 Å². The summed E-state index contributed by atoms with van der Waals surface area (Å²) in [6.45, 7) is 3.63. The SMILES string of the molecule is CC(=O)NCCN(c1cccc(C(=O)N2CCCC(Oc3ccccc3)C2)c1)c1ncnc2[nH]ccc12. The maximum atomic E-state index is 13.5. The van der Waals surface area contributed by atoms with Gasteiger partial charge >= 0.3 is 0 Å². The number of anilines is 2. The molecule has 2 aromatic carbocycles. The highest BCUT2D eigenvalue weighted by Crippen LogP contribution is 2.30. The molecule has 2 aromatic heterocycles. The number of rotatable bonds is 8. The fourth-order valence-electron chi connectivity index (χ4n) is 4.67. The number of nitrogens with zero attached hydrogens (tertiary/aromatic N) is 4. The van der Waals surface area contributed by atoms with E-state index in [1.165, 1.54) is 13.3 Å². The molecule has 37 heavy (non-hydrogen) atoms. The van der Waals surface area contributed by atoms with E-state index in [9.17, 15) is 9.59 Å². The van der Waals surface area contributed by atoms with Crippen molar-refractivity contribution in [1.29, 1.82) is 0 Å². The summed E-state index contributed by atoms with van der Waals surface area (Å²) in [7, 11) is 0. The van der Waals surface area contributed by atoms with Crippen molar-refractivity contribution in [3.05, 3.63) is 78.8 Å². The van der Waals surface area contributed by atoms with Crippen molar-refractivity contribution < 1.29 is 14.3 Å². The molecule has 2 N–H and O–H groups in total. The average molecular weight is 499 g/mol. The molecule has 1 fully saturated rings. The van der Waals surface area contributed by atoms with Crippen LogP contribution < -0.4 is 15.0 Å². The number of likely N-dealkylation sites (tertiary alicyclic amines) is 1. The fourth-order valence-corrected chi connectivity index (χ4v) is 4.67. The van der Waals surface area contributed by atoms with E-state index in [0.717, 1.165) is 35.3 Å². The van der Waals surface area contributed by atoms with Crippen molar-refractivity contribution in [2.45, 2.75) is 25.9 Å². The second-order valence-electron chi connectivity index (χ2n) is 9.07. The van der Waals surface area contributed by atoms with Crippen LogP contribution in [-0.4, -0.2) is 63.9 Å². The van der Waals surface area contributed by atoms with Gasteiger partial charge in [0.25, 0.3) is 5.91 Å². The van der Waals surface area contributed by atoms with Crippen LogP contribution in [0.2, 0.25) is 0 Å². The van der Waals surface area contributed by atoms with Crippen LogP contribution in [-0.2, 0) is 4.79 Å². The van der Waals surface area contributed by atoms with E-state index in [1.54, 1.807) is 0 Å². The second-order valence-corrected chi connectivity index (χ2v) is 9.07. The largest absolute Gasteiger partial charge is 0.489 e. The Balaban J connectivity index is 1.38. The topological polar surface area (TPSA) is 103 Å². The molecular formula is C28H30N6O3. The molecule has 1 atom stereocenters. The second kappa shape index (κ2) is 11.1. The number of nitrogens with one attached hydrogen (secondary N) is 2. The molecule has 2 amide bonds. The lowest BCUT2D eigenvalue weighted by molar-refractivity contribution is -0.118. The van der Waals surface area contributed by atoms with Crippen LogP contribution in [0.5, 0.6) is 5.75 Å². The molecule has 190 valence electrons. The third-order valence-electron chi connectivity index (χ3n) is 6.41. The summed E-state index contributed by atoms with van der Waals surface area (Å²) in [6.07, 6.45) is 5.09. The van der Waals surface area contributed by atoms with Crippen molar-refractivity contribution in [2.75, 3.05) is 31.1 Å². The maximum absolute atomic E-state index is 13.5. The molecular weight excluding hydrogens is 468 g/mol. The molecule has 3 heterocycles. The molecule has 0 spiro atoms. The highest BCUT2D eigenvalue weighted by atomic mass is 16.5. The number of H-pyrrole nitrogens is 1. The zero-order valence-electron chi connectivity index (χ0n) is 20.8. The number of piperidine rings is 1. The predicted octanol–water partition coefficient (Wildman–Crippen LogP) is 3.92. The first-order chi connectivity index (χ1) is 18.1. The molecule has 1 saturated heterocycles. The Kier molecular flexibility index (Phi) is 7.30. The molecule has 9 heteroatoms. The Bertz CT molecular complexity index is 1370. The van der Waals surface area contributed by atoms with Crippen molar-refractivity contribution in [3.8, 4) is 5.75 Å². The summed E-state index contributed by atoms with van der Waals surface area (Å²) in [5, 5.41) is 3.71. The maximum Gasteiger partial charge on any atom is 0.254 e. The third kappa shape index (κ3) is 5.72. The highest BCUT2D eigenvalue weighted by Gasteiger charge is 2.26. The van der Waals surface area contributed by atoms with Gasteiger partial charge in [-0.1, -0.05) is 24.3 Å². The summed E-state index contributed by atoms with van der Waals surface area (Å²) in [5.41, 5.74) is 2.13. The molecule has 1 unspecified atom stereocenters. The van der Waals surface area contributed by atoms with E-state index in [0.29, 0.717) is 37.6 Å². The molecule has 1 aliphatic rings. The number of amides is 2. The van der Waals surface area contributed by atoms with Crippen molar-refractivity contribution in [2.24, 2.45) is 0 Å². The Morgan fingerprint density at radius 3 is 2.84 bits per heavy atom. The molecule has 5 rings (SSSR count). The molecule has 0 saturated carbocycles. The summed E-state index contributed by atoms with van der Waals surface area (Å²) >= 11 is 0. The first-order valence-corrected chi connectivity index (χ1v) is 12.5. The number of aromatic nitrogens is 3. The minimum atomic E-state index is -0.101. The summed E-state index contributed by atoms with van der Waals surface area (Å²) in [4.78, 5) is 40.9. The van der Waals surface area contributed by atoms with Gasteiger partial charge in [0.15, 0.2) is 0 Å². The van der Waals surface area contributed by atoms with E-state index in [-0.39, 0.29) is 17.9 Å². The van der Waals surface area contributed by atoms with Gasteiger partial charge in [0, 0.05) is 44.0 Å². The number of hydrogen-bond acceptors (Lipinski definition) is 6. The first-order valence-electron chi connectivity index (χ1n) is 12.5. The number of carbonyl (C=O) groups is 2. The van der Waals surface area contributed by atoms with E-state index in [4.69, 9.17) is 4.74 Å². The number of ether oxygens (including phenoxy) is 1. The highest BCUT2D eigenvalue weighted by molar-refractivity contribution is 5.96. The summed E-state index contributed by atoms with van der Waals surface area (Å²) in [6, 6.07) is 19.2. The lowest BCUT2D eigenvalue weighted by Crippen LogP contribution is -2.44. The van der Waals surface area contributed by atoms with Crippen LogP contribution in [0.1, 0.15) is 30.1 Å². The van der Waals surface area contributed by atoms with Crippen molar-refractivity contribution in [3.63, 3.8) is 0 Å². The average Bonchev–Trinajstić information content (AvgIpc) is 3.41. The number of para-hydroxylation sites is 1. The number of benzene rings is 2. The van der Waals surface area contributed by atoms with Crippen LogP contribution in [0, 0.1) is 0 Å². The van der Waals surface area contributed by atoms with Gasteiger partial charge < -0.3 is 24.8 Å². The third-order valence-corrected chi connectivity index (χ3v) is 6.41. The van der Waals surface area contributed by atoms with Gasteiger partial charge in [0.2, 0.25) is 5.91 Å². The van der Waals surface area contributed by atoms with Crippen LogP contribution in [0.15, 0.2) is 73.2 Å². The molecule has 1 aliphatic heterocycles. The number of fused-ring (bicyclic) bond motifs is 1. The standard InChI is InChI=1S/C28H30N6O3/c1-20(35)29-14-16-34(27-25-12-13-30-26(25)31-19-32-27)22-8-5-7-21(17-22)28(36)33-15-6-11-24(18-33)37-23-9-3-2-4-10-23/h2-5,7-10,12-13,17,19,24H,6,11,14-16,18H2,1H3,(H,29,35)(H,30,31,32). The first kappa shape index (κ1) is 24.3. The lowest BCUT2D eigenvalue weighted by atomic mass is 10.1. The van der Waals surface area contributed by atoms with Crippen LogP contribution in [0.3, 0.4) is 0 Å². The smallest absolute Gasteiger partial charge is 0.254 e. The molecule has 0 bridgehead atoms. The molecule has 9 nitrogen and oxygen atoms in total. The van der Waals surface area contributed by atoms with Gasteiger partial charge in [0.05, 0.1) is 11.9 Å². The van der Waals surface area contributed by atoms with E-state index in [1.807, 2.05) is 76.7 Å². The van der Waals surface area contributed by atoms with Crippen LogP contribution in [0.25, 0.3) is 11.0 Å². The number of carbonyl (C=O) groups excluding carboxylic acids is 2. The van der Waals surface area contributed by atoms with Crippen molar-refractivity contribution in [1.82, 2.24) is 25.2 Å². The Morgan fingerprint density at radius 2 is 2.00 bits per heavy atom. The van der Waals surface area contributed by atoms with Gasteiger partial charge in [-0.25, -0.2) is 9.97 Å². The lowest BCUT2D eigenvalue weighted by Gasteiger charge is -2.33. The Hall–Kier alpha value is -4.40.